The standard InChI is InChI=1S/C24H32N2OS/c1-19-7-3-5-9-22(19)17-26-14-11-21(12-15-26)24(27)25-13-16-28-18-23-10-6-4-8-20(23)2/h3-10,21H,11-18H2,1-2H3,(H,25,27). The van der Waals surface area contributed by atoms with Crippen molar-refractivity contribution < 1.29 is 4.79 Å². The molecule has 3 rings (SSSR count). The van der Waals surface area contributed by atoms with Gasteiger partial charge in [0, 0.05) is 30.5 Å². The number of hydrogen-bond donors (Lipinski definition) is 1. The summed E-state index contributed by atoms with van der Waals surface area (Å²) in [5.41, 5.74) is 5.48. The smallest absolute Gasteiger partial charge is 0.223 e. The summed E-state index contributed by atoms with van der Waals surface area (Å²) in [5.74, 6) is 2.40. The van der Waals surface area contributed by atoms with Gasteiger partial charge in [0.1, 0.15) is 0 Å². The van der Waals surface area contributed by atoms with Crippen molar-refractivity contribution in [2.45, 2.75) is 39.0 Å². The summed E-state index contributed by atoms with van der Waals surface area (Å²) in [4.78, 5) is 14.9. The molecule has 1 heterocycles. The summed E-state index contributed by atoms with van der Waals surface area (Å²) in [7, 11) is 0. The number of piperidine rings is 1. The highest BCUT2D eigenvalue weighted by Crippen LogP contribution is 2.20. The van der Waals surface area contributed by atoms with Crippen molar-refractivity contribution in [1.82, 2.24) is 10.2 Å². The van der Waals surface area contributed by atoms with Gasteiger partial charge in [0.15, 0.2) is 0 Å². The van der Waals surface area contributed by atoms with E-state index in [-0.39, 0.29) is 11.8 Å². The molecule has 3 nitrogen and oxygen atoms in total. The Labute approximate surface area is 173 Å². The highest BCUT2D eigenvalue weighted by atomic mass is 32.2. The fraction of sp³-hybridized carbons (Fsp3) is 0.458. The Morgan fingerprint density at radius 3 is 2.25 bits per heavy atom. The lowest BCUT2D eigenvalue weighted by atomic mass is 9.95. The van der Waals surface area contributed by atoms with E-state index in [4.69, 9.17) is 0 Å². The van der Waals surface area contributed by atoms with Crippen LogP contribution in [-0.4, -0.2) is 36.2 Å². The first-order valence-electron chi connectivity index (χ1n) is 10.3. The number of thioether (sulfide) groups is 1. The lowest BCUT2D eigenvalue weighted by Crippen LogP contribution is -2.40. The third-order valence-corrected chi connectivity index (χ3v) is 6.69. The maximum absolute atomic E-state index is 12.5. The van der Waals surface area contributed by atoms with Crippen molar-refractivity contribution in [2.75, 3.05) is 25.4 Å². The molecule has 1 aliphatic rings. The number of benzene rings is 2. The quantitative estimate of drug-likeness (QED) is 0.664. The summed E-state index contributed by atoms with van der Waals surface area (Å²) in [6.45, 7) is 8.11. The number of carbonyl (C=O) groups is 1. The van der Waals surface area contributed by atoms with Gasteiger partial charge in [-0.15, -0.1) is 0 Å². The van der Waals surface area contributed by atoms with Crippen molar-refractivity contribution in [1.29, 1.82) is 0 Å². The van der Waals surface area contributed by atoms with E-state index in [1.54, 1.807) is 0 Å². The second-order valence-corrected chi connectivity index (χ2v) is 8.85. The maximum Gasteiger partial charge on any atom is 0.223 e. The molecule has 1 N–H and O–H groups in total. The summed E-state index contributed by atoms with van der Waals surface area (Å²) in [5, 5.41) is 3.15. The first-order valence-corrected chi connectivity index (χ1v) is 11.5. The topological polar surface area (TPSA) is 32.3 Å². The lowest BCUT2D eigenvalue weighted by molar-refractivity contribution is -0.126. The normalized spacial score (nSPS) is 15.5. The van der Waals surface area contributed by atoms with Crippen LogP contribution in [0.4, 0.5) is 0 Å². The third kappa shape index (κ3) is 6.11. The Kier molecular flexibility index (Phi) is 7.99. The lowest BCUT2D eigenvalue weighted by Gasteiger charge is -2.31. The molecule has 4 heteroatoms. The molecule has 1 fully saturated rings. The van der Waals surface area contributed by atoms with Crippen LogP contribution in [0.1, 0.15) is 35.1 Å². The number of aryl methyl sites for hydroxylation is 2. The molecule has 0 spiro atoms. The summed E-state index contributed by atoms with van der Waals surface area (Å²) < 4.78 is 0. The Morgan fingerprint density at radius 1 is 1.00 bits per heavy atom. The molecular formula is C24H32N2OS. The number of carbonyl (C=O) groups excluding carboxylic acids is 1. The van der Waals surface area contributed by atoms with E-state index in [9.17, 15) is 4.79 Å². The largest absolute Gasteiger partial charge is 0.355 e. The van der Waals surface area contributed by atoms with Crippen molar-refractivity contribution >= 4 is 17.7 Å². The van der Waals surface area contributed by atoms with Crippen LogP contribution in [0.5, 0.6) is 0 Å². The van der Waals surface area contributed by atoms with Gasteiger partial charge in [-0.25, -0.2) is 0 Å². The van der Waals surface area contributed by atoms with Gasteiger partial charge in [0.05, 0.1) is 0 Å². The molecule has 0 atom stereocenters. The Bertz CT molecular complexity index is 769. The van der Waals surface area contributed by atoms with Crippen LogP contribution < -0.4 is 5.32 Å². The molecule has 1 amide bonds. The summed E-state index contributed by atoms with van der Waals surface area (Å²) in [6.07, 6.45) is 1.93. The number of rotatable bonds is 8. The third-order valence-electron chi connectivity index (χ3n) is 5.68. The van der Waals surface area contributed by atoms with Crippen LogP contribution in [0, 0.1) is 19.8 Å². The zero-order valence-corrected chi connectivity index (χ0v) is 17.9. The van der Waals surface area contributed by atoms with Gasteiger partial charge in [-0.2, -0.15) is 11.8 Å². The van der Waals surface area contributed by atoms with Crippen LogP contribution >= 0.6 is 11.8 Å². The number of hydrogen-bond acceptors (Lipinski definition) is 3. The van der Waals surface area contributed by atoms with Crippen molar-refractivity contribution in [3.05, 3.63) is 70.8 Å². The average molecular weight is 397 g/mol. The Balaban J connectivity index is 1.32. The van der Waals surface area contributed by atoms with E-state index in [2.05, 4.69) is 72.6 Å². The Morgan fingerprint density at radius 2 is 1.61 bits per heavy atom. The zero-order chi connectivity index (χ0) is 19.8. The predicted molar refractivity (Wildman–Crippen MR) is 120 cm³/mol. The molecule has 0 radical (unpaired) electrons. The molecule has 0 aliphatic carbocycles. The Hall–Kier alpha value is -1.78. The minimum absolute atomic E-state index is 0.175. The van der Waals surface area contributed by atoms with Crippen LogP contribution in [0.2, 0.25) is 0 Å². The van der Waals surface area contributed by atoms with Gasteiger partial charge in [0.2, 0.25) is 5.91 Å². The fourth-order valence-electron chi connectivity index (χ4n) is 3.73. The monoisotopic (exact) mass is 396 g/mol. The highest BCUT2D eigenvalue weighted by molar-refractivity contribution is 7.98. The minimum Gasteiger partial charge on any atom is -0.355 e. The van der Waals surface area contributed by atoms with Crippen LogP contribution in [0.25, 0.3) is 0 Å². The SMILES string of the molecule is Cc1ccccc1CSCCNC(=O)C1CCN(Cc2ccccc2C)CC1. The summed E-state index contributed by atoms with van der Waals surface area (Å²) in [6, 6.07) is 17.1. The van der Waals surface area contributed by atoms with Gasteiger partial charge in [-0.05, 0) is 62.0 Å². The molecule has 28 heavy (non-hydrogen) atoms. The molecule has 0 saturated carbocycles. The maximum atomic E-state index is 12.5. The van der Waals surface area contributed by atoms with Gasteiger partial charge in [0.25, 0.3) is 0 Å². The van der Waals surface area contributed by atoms with Crippen molar-refractivity contribution in [3.63, 3.8) is 0 Å². The molecule has 0 aromatic heterocycles. The first kappa shape index (κ1) is 20.9. The van der Waals surface area contributed by atoms with Crippen molar-refractivity contribution in [3.8, 4) is 0 Å². The molecule has 2 aromatic rings. The van der Waals surface area contributed by atoms with E-state index in [0.29, 0.717) is 0 Å². The molecule has 1 aliphatic heterocycles. The second-order valence-electron chi connectivity index (χ2n) is 7.75. The number of amides is 1. The van der Waals surface area contributed by atoms with E-state index >= 15 is 0 Å². The van der Waals surface area contributed by atoms with Crippen LogP contribution in [0.3, 0.4) is 0 Å². The molecule has 1 saturated heterocycles. The fourth-order valence-corrected chi connectivity index (χ4v) is 4.66. The molecule has 2 aromatic carbocycles. The van der Waals surface area contributed by atoms with E-state index in [1.165, 1.54) is 22.3 Å². The molecule has 150 valence electrons. The highest BCUT2D eigenvalue weighted by Gasteiger charge is 2.24. The molecule has 0 unspecified atom stereocenters. The van der Waals surface area contributed by atoms with Crippen LogP contribution in [-0.2, 0) is 17.1 Å². The summed E-state index contributed by atoms with van der Waals surface area (Å²) >= 11 is 1.89. The van der Waals surface area contributed by atoms with E-state index < -0.39 is 0 Å². The second kappa shape index (κ2) is 10.7. The predicted octanol–water partition coefficient (Wildman–Crippen LogP) is 4.57. The van der Waals surface area contributed by atoms with Gasteiger partial charge in [-0.1, -0.05) is 48.5 Å². The first-order chi connectivity index (χ1) is 13.6. The molecule has 0 bridgehead atoms. The van der Waals surface area contributed by atoms with Gasteiger partial charge >= 0.3 is 0 Å². The van der Waals surface area contributed by atoms with Gasteiger partial charge in [-0.3, -0.25) is 9.69 Å². The van der Waals surface area contributed by atoms with E-state index in [0.717, 1.165) is 50.5 Å². The number of likely N-dealkylation sites (tertiary alicyclic amines) is 1. The van der Waals surface area contributed by atoms with Crippen LogP contribution in [0.15, 0.2) is 48.5 Å². The molecular weight excluding hydrogens is 364 g/mol. The average Bonchev–Trinajstić information content (AvgIpc) is 2.71. The minimum atomic E-state index is 0.175. The number of nitrogens with zero attached hydrogens (tertiary/aromatic N) is 1. The van der Waals surface area contributed by atoms with E-state index in [1.807, 2.05) is 11.8 Å². The number of nitrogens with one attached hydrogen (secondary N) is 1. The van der Waals surface area contributed by atoms with Crippen molar-refractivity contribution in [2.24, 2.45) is 5.92 Å². The van der Waals surface area contributed by atoms with Gasteiger partial charge < -0.3 is 5.32 Å². The zero-order valence-electron chi connectivity index (χ0n) is 17.1.